The van der Waals surface area contributed by atoms with Crippen molar-refractivity contribution in [3.63, 3.8) is 0 Å². The summed E-state index contributed by atoms with van der Waals surface area (Å²) in [6.07, 6.45) is -6.78. The number of carbonyl (C=O) groups is 1. The number of rotatable bonds is 9. The molecule has 2 heterocycles. The molecule has 39 heavy (non-hydrogen) atoms. The van der Waals surface area contributed by atoms with Gasteiger partial charge in [-0.25, -0.2) is 13.5 Å². The Balaban J connectivity index is 1.63. The lowest BCUT2D eigenvalue weighted by Gasteiger charge is -2.18. The Bertz CT molecular complexity index is 1430. The smallest absolute Gasteiger partial charge is 0.395 e. The molecule has 0 saturated heterocycles. The molecule has 8 nitrogen and oxygen atoms in total. The molecule has 3 aromatic rings. The lowest BCUT2D eigenvalue weighted by molar-refractivity contribution is -0.286. The average Bonchev–Trinajstić information content (AvgIpc) is 3.40. The zero-order chi connectivity index (χ0) is 28.5. The van der Waals surface area contributed by atoms with E-state index in [-0.39, 0.29) is 46.3 Å². The van der Waals surface area contributed by atoms with Crippen molar-refractivity contribution in [1.82, 2.24) is 9.78 Å². The number of halogens is 4. The van der Waals surface area contributed by atoms with Crippen molar-refractivity contribution in [3.8, 4) is 23.3 Å². The van der Waals surface area contributed by atoms with Crippen LogP contribution in [0.3, 0.4) is 0 Å². The maximum atomic E-state index is 13.7. The fourth-order valence-electron chi connectivity index (χ4n) is 3.87. The van der Waals surface area contributed by atoms with Crippen LogP contribution in [-0.4, -0.2) is 43.7 Å². The number of nitrogens with zero attached hydrogens (tertiary/aromatic N) is 4. The third-order valence-electron chi connectivity index (χ3n) is 5.98. The van der Waals surface area contributed by atoms with Gasteiger partial charge in [-0.1, -0.05) is 25.7 Å². The van der Waals surface area contributed by atoms with Gasteiger partial charge in [0.25, 0.3) is 12.3 Å². The number of amides is 1. The second-order valence-corrected chi connectivity index (χ2v) is 15.7. The van der Waals surface area contributed by atoms with Crippen molar-refractivity contribution < 1.29 is 36.6 Å². The van der Waals surface area contributed by atoms with Gasteiger partial charge in [-0.2, -0.15) is 10.4 Å². The van der Waals surface area contributed by atoms with Gasteiger partial charge >= 0.3 is 6.29 Å². The minimum Gasteiger partial charge on any atom is -0.395 e. The summed E-state index contributed by atoms with van der Waals surface area (Å²) in [5.74, 6) is -0.894. The first-order valence-electron chi connectivity index (χ1n) is 12.0. The Morgan fingerprint density at radius 3 is 2.56 bits per heavy atom. The van der Waals surface area contributed by atoms with Gasteiger partial charge in [0.1, 0.15) is 17.3 Å². The van der Waals surface area contributed by atoms with E-state index in [2.05, 4.69) is 34.2 Å². The zero-order valence-corrected chi connectivity index (χ0v) is 22.7. The molecule has 1 amide bonds. The molecule has 1 aliphatic heterocycles. The van der Waals surface area contributed by atoms with Crippen LogP contribution < -0.4 is 14.4 Å². The number of hydrogen-bond donors (Lipinski definition) is 0. The van der Waals surface area contributed by atoms with Crippen LogP contribution in [0.1, 0.15) is 33.7 Å². The summed E-state index contributed by atoms with van der Waals surface area (Å²) in [5, 5.41) is 13.6. The molecule has 0 N–H and O–H groups in total. The highest BCUT2D eigenvalue weighted by atomic mass is 28.3. The second kappa shape index (κ2) is 10.7. The molecule has 0 aliphatic carbocycles. The third-order valence-corrected chi connectivity index (χ3v) is 7.68. The number of carbonyl (C=O) groups excluding carboxylic acids is 1. The van der Waals surface area contributed by atoms with Crippen LogP contribution in [0, 0.1) is 11.3 Å². The highest BCUT2D eigenvalue weighted by Gasteiger charge is 2.43. The first-order chi connectivity index (χ1) is 18.3. The number of alkyl halides is 4. The topological polar surface area (TPSA) is 89.6 Å². The van der Waals surface area contributed by atoms with Crippen molar-refractivity contribution in [2.24, 2.45) is 0 Å². The molecule has 0 atom stereocenters. The van der Waals surface area contributed by atoms with Crippen LogP contribution in [0.25, 0.3) is 5.69 Å². The molecule has 13 heteroatoms. The zero-order valence-electron chi connectivity index (χ0n) is 21.7. The summed E-state index contributed by atoms with van der Waals surface area (Å²) in [4.78, 5) is 14.5. The number of nitriles is 1. The predicted octanol–water partition coefficient (Wildman–Crippen LogP) is 6.13. The van der Waals surface area contributed by atoms with Crippen LogP contribution in [0.2, 0.25) is 25.7 Å². The fraction of sp³-hybridized carbons (Fsp3) is 0.346. The Kier molecular flexibility index (Phi) is 7.72. The largest absolute Gasteiger partial charge is 0.586 e. The minimum absolute atomic E-state index is 0.118. The Labute approximate surface area is 223 Å². The van der Waals surface area contributed by atoms with E-state index in [0.717, 1.165) is 6.04 Å². The summed E-state index contributed by atoms with van der Waals surface area (Å²) < 4.78 is 70.0. The Morgan fingerprint density at radius 2 is 1.90 bits per heavy atom. The van der Waals surface area contributed by atoms with Gasteiger partial charge < -0.3 is 19.1 Å². The van der Waals surface area contributed by atoms with Crippen LogP contribution >= 0.6 is 0 Å². The monoisotopic (exact) mass is 562 g/mol. The predicted molar refractivity (Wildman–Crippen MR) is 136 cm³/mol. The van der Waals surface area contributed by atoms with E-state index in [9.17, 15) is 27.6 Å². The van der Waals surface area contributed by atoms with Crippen molar-refractivity contribution >= 4 is 19.7 Å². The second-order valence-electron chi connectivity index (χ2n) is 10.1. The van der Waals surface area contributed by atoms with Crippen LogP contribution in [-0.2, 0) is 11.3 Å². The Morgan fingerprint density at radius 1 is 1.18 bits per heavy atom. The molecule has 0 unspecified atom stereocenters. The molecular formula is C26H26F4N4O4Si. The number of benzene rings is 2. The normalized spacial score (nSPS) is 13.9. The molecule has 0 bridgehead atoms. The molecule has 1 aliphatic rings. The lowest BCUT2D eigenvalue weighted by Crippen LogP contribution is -2.26. The highest BCUT2D eigenvalue weighted by molar-refractivity contribution is 6.76. The molecule has 0 spiro atoms. The van der Waals surface area contributed by atoms with E-state index in [1.807, 2.05) is 6.07 Å². The van der Waals surface area contributed by atoms with E-state index >= 15 is 0 Å². The SMILES string of the molecule is CN(C(=O)c1cccc(-n2nc(C(F)F)c(C#N)c2COCC[Si](C)(C)C)c1)c1ccc2c(c1)OC(F)(F)O2. The van der Waals surface area contributed by atoms with E-state index in [0.29, 0.717) is 6.61 Å². The van der Waals surface area contributed by atoms with Crippen LogP contribution in [0.5, 0.6) is 11.5 Å². The van der Waals surface area contributed by atoms with E-state index in [1.165, 1.54) is 47.0 Å². The van der Waals surface area contributed by atoms with Gasteiger partial charge in [0.15, 0.2) is 11.5 Å². The van der Waals surface area contributed by atoms with Crippen molar-refractivity contribution in [1.29, 1.82) is 5.26 Å². The summed E-state index contributed by atoms with van der Waals surface area (Å²) >= 11 is 0. The number of hydrogen-bond acceptors (Lipinski definition) is 6. The quantitative estimate of drug-likeness (QED) is 0.177. The summed E-state index contributed by atoms with van der Waals surface area (Å²) in [5.41, 5.74) is -0.106. The molecule has 1 aromatic heterocycles. The van der Waals surface area contributed by atoms with Crippen LogP contribution in [0.15, 0.2) is 42.5 Å². The first kappa shape index (κ1) is 28.1. The molecule has 206 valence electrons. The Hall–Kier alpha value is -3.89. The maximum absolute atomic E-state index is 13.7. The summed E-state index contributed by atoms with van der Waals surface area (Å²) in [6, 6.07) is 12.6. The number of fused-ring (bicyclic) bond motifs is 1. The van der Waals surface area contributed by atoms with E-state index < -0.39 is 32.4 Å². The van der Waals surface area contributed by atoms with Gasteiger partial charge in [-0.15, -0.1) is 8.78 Å². The van der Waals surface area contributed by atoms with Gasteiger partial charge in [0.05, 0.1) is 18.0 Å². The van der Waals surface area contributed by atoms with Gasteiger partial charge in [-0.05, 0) is 36.4 Å². The standard InChI is InChI=1S/C26H26F4N4O4Si/c1-33(17-8-9-21-22(13-17)38-26(29,30)37-21)25(35)16-6-5-7-18(12-16)34-20(15-36-10-11-39(2,3)4)19(14-31)23(32-34)24(27)28/h5-9,12-13,24H,10-11,15H2,1-4H3. The first-order valence-corrected chi connectivity index (χ1v) is 15.7. The highest BCUT2D eigenvalue weighted by Crippen LogP contribution is 2.42. The number of aromatic nitrogens is 2. The summed E-state index contributed by atoms with van der Waals surface area (Å²) in [6.45, 7) is 6.81. The van der Waals surface area contributed by atoms with E-state index in [4.69, 9.17) is 4.74 Å². The van der Waals surface area contributed by atoms with Crippen molar-refractivity contribution in [2.75, 3.05) is 18.6 Å². The lowest BCUT2D eigenvalue weighted by atomic mass is 10.1. The van der Waals surface area contributed by atoms with Crippen molar-refractivity contribution in [2.45, 2.75) is 45.0 Å². The van der Waals surface area contributed by atoms with Crippen LogP contribution in [0.4, 0.5) is 23.2 Å². The van der Waals surface area contributed by atoms with Gasteiger partial charge in [0, 0.05) is 39.0 Å². The number of anilines is 1. The maximum Gasteiger partial charge on any atom is 0.586 e. The molecule has 2 aromatic carbocycles. The molecule has 0 radical (unpaired) electrons. The molecular weight excluding hydrogens is 536 g/mol. The molecule has 0 fully saturated rings. The van der Waals surface area contributed by atoms with Gasteiger partial charge in [0.2, 0.25) is 0 Å². The minimum atomic E-state index is -3.79. The third kappa shape index (κ3) is 6.23. The molecule has 0 saturated carbocycles. The van der Waals surface area contributed by atoms with Crippen molar-refractivity contribution in [3.05, 3.63) is 65.0 Å². The molecule has 4 rings (SSSR count). The summed E-state index contributed by atoms with van der Waals surface area (Å²) in [7, 11) is 0.0376. The number of ether oxygens (including phenoxy) is 3. The fourth-order valence-corrected chi connectivity index (χ4v) is 4.63. The van der Waals surface area contributed by atoms with E-state index in [1.54, 1.807) is 12.1 Å². The van der Waals surface area contributed by atoms with Gasteiger partial charge in [-0.3, -0.25) is 4.79 Å². The average molecular weight is 563 g/mol.